The maximum atomic E-state index is 12.1. The highest BCUT2D eigenvalue weighted by Crippen LogP contribution is 2.23. The summed E-state index contributed by atoms with van der Waals surface area (Å²) in [5, 5.41) is 3.34. The molecule has 16 heavy (non-hydrogen) atoms. The van der Waals surface area contributed by atoms with Crippen molar-refractivity contribution in [2.75, 3.05) is 26.7 Å². The Kier molecular flexibility index (Phi) is 3.50. The molecule has 0 unspecified atom stereocenters. The van der Waals surface area contributed by atoms with E-state index in [9.17, 15) is 4.79 Å². The van der Waals surface area contributed by atoms with Crippen LogP contribution in [0.4, 0.5) is 0 Å². The number of hydrogen-bond acceptors (Lipinski definition) is 3. The van der Waals surface area contributed by atoms with Crippen LogP contribution in [0.3, 0.4) is 0 Å². The predicted octanol–water partition coefficient (Wildman–Crippen LogP) is 0.766. The normalized spacial score (nSPS) is 29.4. The minimum Gasteiger partial charge on any atom is -0.368 e. The first-order chi connectivity index (χ1) is 7.64. The second kappa shape index (κ2) is 4.72. The number of likely N-dealkylation sites (tertiary alicyclic amines) is 1. The Morgan fingerprint density at radius 2 is 2.12 bits per heavy atom. The van der Waals surface area contributed by atoms with Gasteiger partial charge in [0.1, 0.15) is 6.10 Å². The summed E-state index contributed by atoms with van der Waals surface area (Å²) >= 11 is 0. The van der Waals surface area contributed by atoms with Crippen molar-refractivity contribution in [3.63, 3.8) is 0 Å². The van der Waals surface area contributed by atoms with Gasteiger partial charge in [0.15, 0.2) is 0 Å². The van der Waals surface area contributed by atoms with E-state index in [-0.39, 0.29) is 17.6 Å². The molecule has 0 aromatic carbocycles. The molecule has 2 saturated heterocycles. The van der Waals surface area contributed by atoms with Crippen molar-refractivity contribution in [1.29, 1.82) is 0 Å². The molecule has 4 nitrogen and oxygen atoms in total. The van der Waals surface area contributed by atoms with Crippen molar-refractivity contribution in [1.82, 2.24) is 10.2 Å². The highest BCUT2D eigenvalue weighted by Gasteiger charge is 2.34. The number of carbonyl (C=O) groups excluding carboxylic acids is 1. The molecular weight excluding hydrogens is 204 g/mol. The number of amides is 1. The van der Waals surface area contributed by atoms with Crippen LogP contribution in [0.25, 0.3) is 0 Å². The summed E-state index contributed by atoms with van der Waals surface area (Å²) in [6.45, 7) is 4.69. The van der Waals surface area contributed by atoms with Gasteiger partial charge in [0.25, 0.3) is 5.91 Å². The molecular formula is C12H22N2O2. The molecule has 2 aliphatic rings. The number of ether oxygens (including phenoxy) is 1. The lowest BCUT2D eigenvalue weighted by Gasteiger charge is -2.39. The van der Waals surface area contributed by atoms with Crippen molar-refractivity contribution in [3.8, 4) is 0 Å². The van der Waals surface area contributed by atoms with E-state index < -0.39 is 0 Å². The van der Waals surface area contributed by atoms with Crippen LogP contribution in [0.5, 0.6) is 0 Å². The smallest absolute Gasteiger partial charge is 0.251 e. The lowest BCUT2D eigenvalue weighted by Crippen LogP contribution is -2.53. The first-order valence-electron chi connectivity index (χ1n) is 6.24. The minimum atomic E-state index is -0.154. The first kappa shape index (κ1) is 11.9. The van der Waals surface area contributed by atoms with Gasteiger partial charge in [0, 0.05) is 25.2 Å². The fourth-order valence-corrected chi connectivity index (χ4v) is 2.45. The lowest BCUT2D eigenvalue weighted by molar-refractivity contribution is -0.142. The van der Waals surface area contributed by atoms with Crippen molar-refractivity contribution < 1.29 is 9.53 Å². The summed E-state index contributed by atoms with van der Waals surface area (Å²) in [5.41, 5.74) is 0.202. The molecule has 2 aliphatic heterocycles. The summed E-state index contributed by atoms with van der Waals surface area (Å²) in [6.07, 6.45) is 3.83. The molecule has 2 heterocycles. The van der Waals surface area contributed by atoms with Gasteiger partial charge in [-0.15, -0.1) is 0 Å². The topological polar surface area (TPSA) is 41.6 Å². The average Bonchev–Trinajstić information content (AvgIpc) is 2.83. The van der Waals surface area contributed by atoms with Crippen molar-refractivity contribution in [2.24, 2.45) is 0 Å². The van der Waals surface area contributed by atoms with Gasteiger partial charge in [-0.3, -0.25) is 4.79 Å². The number of hydrogen-bond donors (Lipinski definition) is 1. The van der Waals surface area contributed by atoms with Gasteiger partial charge >= 0.3 is 0 Å². The number of nitrogens with zero attached hydrogens (tertiary/aromatic N) is 1. The highest BCUT2D eigenvalue weighted by molar-refractivity contribution is 5.81. The van der Waals surface area contributed by atoms with Crippen molar-refractivity contribution in [3.05, 3.63) is 0 Å². The molecule has 1 amide bonds. The Morgan fingerprint density at radius 1 is 1.44 bits per heavy atom. The van der Waals surface area contributed by atoms with E-state index in [2.05, 4.69) is 12.2 Å². The van der Waals surface area contributed by atoms with Crippen molar-refractivity contribution >= 4 is 5.91 Å². The van der Waals surface area contributed by atoms with E-state index in [1.165, 1.54) is 0 Å². The second-order valence-electron chi connectivity index (χ2n) is 5.14. The number of rotatable bonds is 2. The van der Waals surface area contributed by atoms with Crippen LogP contribution in [0, 0.1) is 0 Å². The van der Waals surface area contributed by atoms with Crippen LogP contribution in [0.1, 0.15) is 32.6 Å². The SMILES string of the molecule is CNC1(C)CCN(C(=O)[C@H]2CCCO2)CC1. The Bertz CT molecular complexity index is 254. The standard InChI is InChI=1S/C12H22N2O2/c1-12(13-2)5-7-14(8-6-12)11(15)10-4-3-9-16-10/h10,13H,3-9H2,1-2H3/t10-/m1/s1. The van der Waals surface area contributed by atoms with E-state index in [1.54, 1.807) is 0 Å². The summed E-state index contributed by atoms with van der Waals surface area (Å²) in [7, 11) is 2.00. The molecule has 0 spiro atoms. The Hall–Kier alpha value is -0.610. The van der Waals surface area contributed by atoms with Crippen LogP contribution in [0.15, 0.2) is 0 Å². The van der Waals surface area contributed by atoms with Gasteiger partial charge in [0.05, 0.1) is 0 Å². The van der Waals surface area contributed by atoms with Gasteiger partial charge < -0.3 is 15.0 Å². The third kappa shape index (κ3) is 2.38. The summed E-state index contributed by atoms with van der Waals surface area (Å²) in [6, 6.07) is 0. The van der Waals surface area contributed by atoms with E-state index in [4.69, 9.17) is 4.74 Å². The maximum absolute atomic E-state index is 12.1. The van der Waals surface area contributed by atoms with E-state index in [1.807, 2.05) is 11.9 Å². The van der Waals surface area contributed by atoms with Crippen LogP contribution in [-0.4, -0.2) is 49.2 Å². The molecule has 92 valence electrons. The van der Waals surface area contributed by atoms with Crippen LogP contribution >= 0.6 is 0 Å². The molecule has 4 heteroatoms. The van der Waals surface area contributed by atoms with Crippen molar-refractivity contribution in [2.45, 2.75) is 44.2 Å². The Balaban J connectivity index is 1.86. The fraction of sp³-hybridized carbons (Fsp3) is 0.917. The van der Waals surface area contributed by atoms with E-state index >= 15 is 0 Å². The zero-order valence-corrected chi connectivity index (χ0v) is 10.3. The highest BCUT2D eigenvalue weighted by atomic mass is 16.5. The molecule has 0 bridgehead atoms. The quantitative estimate of drug-likeness (QED) is 0.756. The van der Waals surface area contributed by atoms with E-state index in [0.717, 1.165) is 45.4 Å². The molecule has 0 aromatic rings. The number of nitrogens with one attached hydrogen (secondary N) is 1. The molecule has 1 N–H and O–H groups in total. The summed E-state index contributed by atoms with van der Waals surface area (Å²) in [4.78, 5) is 14.0. The zero-order valence-electron chi connectivity index (χ0n) is 10.3. The summed E-state index contributed by atoms with van der Waals surface area (Å²) in [5.74, 6) is 0.204. The average molecular weight is 226 g/mol. The first-order valence-corrected chi connectivity index (χ1v) is 6.24. The van der Waals surface area contributed by atoms with Gasteiger partial charge in [-0.2, -0.15) is 0 Å². The monoisotopic (exact) mass is 226 g/mol. The molecule has 1 atom stereocenters. The Labute approximate surface area is 97.3 Å². The van der Waals surface area contributed by atoms with Crippen LogP contribution in [-0.2, 0) is 9.53 Å². The van der Waals surface area contributed by atoms with Crippen LogP contribution in [0.2, 0.25) is 0 Å². The van der Waals surface area contributed by atoms with E-state index in [0.29, 0.717) is 0 Å². The predicted molar refractivity (Wildman–Crippen MR) is 62.3 cm³/mol. The minimum absolute atomic E-state index is 0.154. The molecule has 0 saturated carbocycles. The molecule has 0 radical (unpaired) electrons. The molecule has 2 fully saturated rings. The van der Waals surface area contributed by atoms with Gasteiger partial charge in [-0.25, -0.2) is 0 Å². The maximum Gasteiger partial charge on any atom is 0.251 e. The molecule has 2 rings (SSSR count). The molecule has 0 aliphatic carbocycles. The fourth-order valence-electron chi connectivity index (χ4n) is 2.45. The van der Waals surface area contributed by atoms with Gasteiger partial charge in [0.2, 0.25) is 0 Å². The summed E-state index contributed by atoms with van der Waals surface area (Å²) < 4.78 is 5.44. The van der Waals surface area contributed by atoms with Gasteiger partial charge in [-0.05, 0) is 39.7 Å². The number of carbonyl (C=O) groups is 1. The second-order valence-corrected chi connectivity index (χ2v) is 5.14. The van der Waals surface area contributed by atoms with Gasteiger partial charge in [-0.1, -0.05) is 0 Å². The van der Waals surface area contributed by atoms with Crippen LogP contribution < -0.4 is 5.32 Å². The zero-order chi connectivity index (χ0) is 11.6. The number of piperidine rings is 1. The molecule has 0 aromatic heterocycles. The third-order valence-electron chi connectivity index (χ3n) is 3.99. The largest absolute Gasteiger partial charge is 0.368 e. The Morgan fingerprint density at radius 3 is 2.62 bits per heavy atom. The third-order valence-corrected chi connectivity index (χ3v) is 3.99. The lowest BCUT2D eigenvalue weighted by atomic mass is 9.89.